The van der Waals surface area contributed by atoms with Gasteiger partial charge in [-0.2, -0.15) is 0 Å². The van der Waals surface area contributed by atoms with Crippen LogP contribution in [0, 0.1) is 18.6 Å². The molecular weight excluding hydrogens is 444 g/mol. The molecule has 2 aliphatic heterocycles. The number of hydrogen-bond donors (Lipinski definition) is 1. The van der Waals surface area contributed by atoms with Crippen LogP contribution in [0.1, 0.15) is 16.7 Å². The molecule has 0 aliphatic carbocycles. The fraction of sp³-hybridized carbons (Fsp3) is 0.200. The SMILES string of the molecule is Cc1ccc2c(c1)[C@]1(SCCN1C(=O)Nc1ccccc1F)C(=O)N2Cc1ccc(F)cc1. The number of nitrogens with one attached hydrogen (secondary N) is 1. The Balaban J connectivity index is 1.54. The minimum absolute atomic E-state index is 0.0626. The van der Waals surface area contributed by atoms with Crippen molar-refractivity contribution in [2.75, 3.05) is 22.5 Å². The molecule has 5 nitrogen and oxygen atoms in total. The number of rotatable bonds is 3. The number of thioether (sulfide) groups is 1. The number of carbonyl (C=O) groups is 2. The predicted octanol–water partition coefficient (Wildman–Crippen LogP) is 5.25. The molecule has 3 amide bonds. The van der Waals surface area contributed by atoms with Crippen LogP contribution in [0.2, 0.25) is 0 Å². The largest absolute Gasteiger partial charge is 0.323 e. The molecule has 0 saturated carbocycles. The molecule has 0 aromatic heterocycles. The zero-order chi connectivity index (χ0) is 23.2. The maximum Gasteiger partial charge on any atom is 0.323 e. The Morgan fingerprint density at radius 1 is 1.09 bits per heavy atom. The van der Waals surface area contributed by atoms with E-state index in [2.05, 4.69) is 5.32 Å². The average molecular weight is 466 g/mol. The molecule has 3 aromatic carbocycles. The molecule has 2 aliphatic rings. The normalized spacial score (nSPS) is 19.3. The summed E-state index contributed by atoms with van der Waals surface area (Å²) >= 11 is 1.40. The monoisotopic (exact) mass is 465 g/mol. The van der Waals surface area contributed by atoms with Crippen molar-refractivity contribution < 1.29 is 18.4 Å². The third-order valence-electron chi connectivity index (χ3n) is 5.96. The van der Waals surface area contributed by atoms with Crippen molar-refractivity contribution in [3.05, 3.63) is 95.1 Å². The summed E-state index contributed by atoms with van der Waals surface area (Å²) in [6.45, 7) is 2.53. The maximum atomic E-state index is 14.2. The van der Waals surface area contributed by atoms with E-state index in [1.54, 1.807) is 29.2 Å². The Hall–Kier alpha value is -3.39. The van der Waals surface area contributed by atoms with Crippen molar-refractivity contribution in [3.63, 3.8) is 0 Å². The first-order valence-corrected chi connectivity index (χ1v) is 11.5. The van der Waals surface area contributed by atoms with Gasteiger partial charge in [0.15, 0.2) is 4.87 Å². The van der Waals surface area contributed by atoms with Crippen molar-refractivity contribution >= 4 is 35.1 Å². The highest BCUT2D eigenvalue weighted by Crippen LogP contribution is 2.54. The summed E-state index contributed by atoms with van der Waals surface area (Å²) in [7, 11) is 0. The van der Waals surface area contributed by atoms with E-state index in [-0.39, 0.29) is 24.0 Å². The summed E-state index contributed by atoms with van der Waals surface area (Å²) in [5.41, 5.74) is 3.26. The highest BCUT2D eigenvalue weighted by molar-refractivity contribution is 8.01. The second-order valence-electron chi connectivity index (χ2n) is 8.09. The lowest BCUT2D eigenvalue weighted by Gasteiger charge is -2.33. The van der Waals surface area contributed by atoms with E-state index in [0.717, 1.165) is 16.7 Å². The number of urea groups is 1. The van der Waals surface area contributed by atoms with Crippen molar-refractivity contribution in [1.29, 1.82) is 0 Å². The van der Waals surface area contributed by atoms with E-state index < -0.39 is 16.7 Å². The van der Waals surface area contributed by atoms with Gasteiger partial charge in [0.2, 0.25) is 0 Å². The molecule has 1 saturated heterocycles. The van der Waals surface area contributed by atoms with Gasteiger partial charge in [-0.15, -0.1) is 11.8 Å². The van der Waals surface area contributed by atoms with Crippen LogP contribution >= 0.6 is 11.8 Å². The van der Waals surface area contributed by atoms with Gasteiger partial charge in [-0.05, 0) is 42.8 Å². The van der Waals surface area contributed by atoms with Crippen LogP contribution < -0.4 is 10.2 Å². The molecule has 1 atom stereocenters. The van der Waals surface area contributed by atoms with Gasteiger partial charge in [0.05, 0.1) is 17.9 Å². The van der Waals surface area contributed by atoms with E-state index in [0.29, 0.717) is 18.0 Å². The topological polar surface area (TPSA) is 52.7 Å². The standard InChI is InChI=1S/C25H21F2N3O2S/c1-16-6-11-22-19(14-16)25(23(31)29(22)15-17-7-9-18(26)10-8-17)30(12-13-33-25)24(32)28-21-5-3-2-4-20(21)27/h2-11,14H,12-13,15H2,1H3,(H,28,32)/t25-/m0/s1. The molecule has 2 heterocycles. The van der Waals surface area contributed by atoms with Crippen molar-refractivity contribution in [2.24, 2.45) is 0 Å². The number of halogens is 2. The third-order valence-corrected chi connectivity index (χ3v) is 7.38. The highest BCUT2D eigenvalue weighted by Gasteiger charge is 2.59. The Labute approximate surface area is 194 Å². The average Bonchev–Trinajstić information content (AvgIpc) is 3.34. The lowest BCUT2D eigenvalue weighted by atomic mass is 10.0. The fourth-order valence-electron chi connectivity index (χ4n) is 4.40. The molecule has 168 valence electrons. The van der Waals surface area contributed by atoms with Gasteiger partial charge in [-0.3, -0.25) is 9.69 Å². The summed E-state index contributed by atoms with van der Waals surface area (Å²) < 4.78 is 27.6. The van der Waals surface area contributed by atoms with E-state index in [1.807, 2.05) is 25.1 Å². The van der Waals surface area contributed by atoms with E-state index >= 15 is 0 Å². The quantitative estimate of drug-likeness (QED) is 0.575. The third kappa shape index (κ3) is 3.54. The fourth-order valence-corrected chi connectivity index (χ4v) is 5.86. The first-order valence-electron chi connectivity index (χ1n) is 10.5. The molecule has 0 radical (unpaired) electrons. The zero-order valence-electron chi connectivity index (χ0n) is 17.8. The van der Waals surface area contributed by atoms with Gasteiger partial charge in [-0.25, -0.2) is 13.6 Å². The highest BCUT2D eigenvalue weighted by atomic mass is 32.2. The smallest absolute Gasteiger partial charge is 0.305 e. The van der Waals surface area contributed by atoms with Crippen molar-refractivity contribution in [1.82, 2.24) is 4.90 Å². The van der Waals surface area contributed by atoms with Crippen molar-refractivity contribution in [3.8, 4) is 0 Å². The van der Waals surface area contributed by atoms with Crippen LogP contribution in [-0.2, 0) is 16.2 Å². The zero-order valence-corrected chi connectivity index (χ0v) is 18.7. The molecule has 3 aromatic rings. The maximum absolute atomic E-state index is 14.2. The Kier molecular flexibility index (Phi) is 5.32. The van der Waals surface area contributed by atoms with E-state index in [4.69, 9.17) is 0 Å². The summed E-state index contributed by atoms with van der Waals surface area (Å²) in [5.74, 6) is -0.563. The minimum atomic E-state index is -1.24. The number of aryl methyl sites for hydroxylation is 1. The number of benzene rings is 3. The first-order chi connectivity index (χ1) is 15.9. The molecule has 33 heavy (non-hydrogen) atoms. The number of fused-ring (bicyclic) bond motifs is 2. The number of carbonyl (C=O) groups excluding carboxylic acids is 2. The number of hydrogen-bond acceptors (Lipinski definition) is 3. The lowest BCUT2D eigenvalue weighted by Crippen LogP contribution is -2.51. The predicted molar refractivity (Wildman–Crippen MR) is 125 cm³/mol. The first kappa shape index (κ1) is 21.5. The summed E-state index contributed by atoms with van der Waals surface area (Å²) in [6, 6.07) is 17.2. The van der Waals surface area contributed by atoms with Crippen LogP contribution in [0.4, 0.5) is 25.0 Å². The molecule has 0 unspecified atom stereocenters. The molecule has 1 fully saturated rings. The second kappa shape index (κ2) is 8.19. The van der Waals surface area contributed by atoms with Gasteiger partial charge in [0.25, 0.3) is 5.91 Å². The van der Waals surface area contributed by atoms with Crippen LogP contribution in [0.3, 0.4) is 0 Å². The Morgan fingerprint density at radius 3 is 2.61 bits per heavy atom. The van der Waals surface area contributed by atoms with Crippen LogP contribution in [0.15, 0.2) is 66.7 Å². The molecule has 5 rings (SSSR count). The second-order valence-corrected chi connectivity index (χ2v) is 9.38. The van der Waals surface area contributed by atoms with Crippen LogP contribution in [0.5, 0.6) is 0 Å². The Bertz CT molecular complexity index is 1250. The summed E-state index contributed by atoms with van der Waals surface area (Å²) in [4.78, 5) is 29.1. The van der Waals surface area contributed by atoms with Crippen LogP contribution in [0.25, 0.3) is 0 Å². The molecular formula is C25H21F2N3O2S. The minimum Gasteiger partial charge on any atom is -0.305 e. The number of amides is 3. The van der Waals surface area contributed by atoms with Crippen LogP contribution in [-0.4, -0.2) is 29.1 Å². The number of para-hydroxylation sites is 1. The Morgan fingerprint density at radius 2 is 1.85 bits per heavy atom. The van der Waals surface area contributed by atoms with Gasteiger partial charge in [0.1, 0.15) is 11.6 Å². The molecule has 1 N–H and O–H groups in total. The van der Waals surface area contributed by atoms with Gasteiger partial charge < -0.3 is 10.2 Å². The van der Waals surface area contributed by atoms with Gasteiger partial charge in [-0.1, -0.05) is 42.0 Å². The van der Waals surface area contributed by atoms with E-state index in [1.165, 1.54) is 40.9 Å². The molecule has 0 bridgehead atoms. The summed E-state index contributed by atoms with van der Waals surface area (Å²) in [6.07, 6.45) is 0. The van der Waals surface area contributed by atoms with Gasteiger partial charge in [0, 0.05) is 17.9 Å². The lowest BCUT2D eigenvalue weighted by molar-refractivity contribution is -0.123. The van der Waals surface area contributed by atoms with Crippen molar-refractivity contribution in [2.45, 2.75) is 18.3 Å². The molecule has 8 heteroatoms. The van der Waals surface area contributed by atoms with E-state index in [9.17, 15) is 18.4 Å². The number of anilines is 2. The summed E-state index contributed by atoms with van der Waals surface area (Å²) in [5, 5.41) is 2.63. The van der Waals surface area contributed by atoms with Gasteiger partial charge >= 0.3 is 6.03 Å². The molecule has 1 spiro atoms. The number of nitrogens with zero attached hydrogens (tertiary/aromatic N) is 2.